The van der Waals surface area contributed by atoms with Gasteiger partial charge in [-0.05, 0) is 44.0 Å². The predicted molar refractivity (Wildman–Crippen MR) is 87.9 cm³/mol. The highest BCUT2D eigenvalue weighted by Gasteiger charge is 2.29. The average Bonchev–Trinajstić information content (AvgIpc) is 3.09. The second-order valence-electron chi connectivity index (χ2n) is 5.85. The Balaban J connectivity index is 1.72. The molecule has 0 amide bonds. The number of carbonyl (C=O) groups is 1. The molecule has 0 unspecified atom stereocenters. The molecular weight excluding hydrogens is 312 g/mol. The maximum atomic E-state index is 12.7. The third-order valence-electron chi connectivity index (χ3n) is 4.37. The monoisotopic (exact) mass is 332 g/mol. The molecule has 0 radical (unpaired) electrons. The number of Topliss-reactive ketones (excluding diaryl/α,β-unsaturated/α-hetero) is 1. The molecule has 1 saturated heterocycles. The summed E-state index contributed by atoms with van der Waals surface area (Å²) in [5.41, 5.74) is 0.523. The van der Waals surface area contributed by atoms with E-state index in [1.54, 1.807) is 12.1 Å². The van der Waals surface area contributed by atoms with Gasteiger partial charge >= 0.3 is 0 Å². The van der Waals surface area contributed by atoms with Gasteiger partial charge in [0.25, 0.3) is 0 Å². The first-order valence-electron chi connectivity index (χ1n) is 7.72. The Bertz CT molecular complexity index is 772. The van der Waals surface area contributed by atoms with Crippen LogP contribution < -0.4 is 0 Å². The highest BCUT2D eigenvalue weighted by Crippen LogP contribution is 2.27. The van der Waals surface area contributed by atoms with Crippen molar-refractivity contribution in [3.8, 4) is 0 Å². The van der Waals surface area contributed by atoms with Crippen molar-refractivity contribution >= 4 is 15.8 Å². The van der Waals surface area contributed by atoms with E-state index in [4.69, 9.17) is 0 Å². The third-order valence-corrected chi connectivity index (χ3v) is 6.28. The molecule has 1 aliphatic heterocycles. The summed E-state index contributed by atoms with van der Waals surface area (Å²) in [6.45, 7) is 2.49. The molecule has 0 spiro atoms. The summed E-state index contributed by atoms with van der Waals surface area (Å²) in [7, 11) is -3.48. The molecule has 1 aliphatic rings. The van der Waals surface area contributed by atoms with E-state index >= 15 is 0 Å². The molecule has 2 heterocycles. The summed E-state index contributed by atoms with van der Waals surface area (Å²) in [5.74, 6) is -0.0681. The summed E-state index contributed by atoms with van der Waals surface area (Å²) in [5, 5.41) is 0. The first-order valence-corrected chi connectivity index (χ1v) is 9.16. The minimum Gasteiger partial charge on any atom is -0.351 e. The molecule has 0 saturated carbocycles. The molecule has 0 aliphatic carbocycles. The zero-order valence-corrected chi connectivity index (χ0v) is 13.9. The number of hydrogen-bond donors (Lipinski definition) is 0. The maximum Gasteiger partial charge on any atom is 0.243 e. The zero-order valence-electron chi connectivity index (χ0n) is 13.1. The molecule has 3 rings (SSSR count). The minimum absolute atomic E-state index is 0.0681. The van der Waals surface area contributed by atoms with Crippen molar-refractivity contribution in [1.29, 1.82) is 0 Å². The number of nitrogens with zero attached hydrogens (tertiary/aromatic N) is 2. The molecule has 1 aromatic heterocycles. The van der Waals surface area contributed by atoms with Crippen molar-refractivity contribution in [3.05, 3.63) is 54.4 Å². The summed E-state index contributed by atoms with van der Waals surface area (Å²) >= 11 is 0. The lowest BCUT2D eigenvalue weighted by atomic mass is 10.1. The fourth-order valence-electron chi connectivity index (χ4n) is 2.98. The van der Waals surface area contributed by atoms with E-state index in [-0.39, 0.29) is 10.7 Å². The number of aromatic nitrogens is 1. The lowest BCUT2D eigenvalue weighted by Crippen LogP contribution is -2.38. The Hall–Kier alpha value is -1.92. The van der Waals surface area contributed by atoms with Gasteiger partial charge in [0.15, 0.2) is 5.78 Å². The van der Waals surface area contributed by atoms with Crippen LogP contribution in [0.4, 0.5) is 0 Å². The molecule has 2 aromatic rings. The number of rotatable bonds is 4. The number of hydrogen-bond acceptors (Lipinski definition) is 3. The van der Waals surface area contributed by atoms with Crippen LogP contribution in [0.5, 0.6) is 0 Å². The van der Waals surface area contributed by atoms with Gasteiger partial charge in [-0.25, -0.2) is 8.42 Å². The van der Waals surface area contributed by atoms with Crippen LogP contribution >= 0.6 is 0 Å². The number of piperidine rings is 1. The number of carbonyl (C=O) groups excluding carboxylic acids is 1. The Morgan fingerprint density at radius 1 is 1.04 bits per heavy atom. The molecular formula is C17H20N2O3S. The van der Waals surface area contributed by atoms with Crippen molar-refractivity contribution in [3.63, 3.8) is 0 Å². The van der Waals surface area contributed by atoms with Gasteiger partial charge in [0.2, 0.25) is 10.0 Å². The topological polar surface area (TPSA) is 59.4 Å². The third kappa shape index (κ3) is 3.23. The van der Waals surface area contributed by atoms with Gasteiger partial charge in [-0.2, -0.15) is 4.31 Å². The molecule has 1 fully saturated rings. The van der Waals surface area contributed by atoms with E-state index in [1.807, 2.05) is 24.5 Å². The quantitative estimate of drug-likeness (QED) is 0.809. The Morgan fingerprint density at radius 3 is 2.13 bits per heavy atom. The van der Waals surface area contributed by atoms with E-state index in [9.17, 15) is 13.2 Å². The molecule has 0 N–H and O–H groups in total. The van der Waals surface area contributed by atoms with Crippen LogP contribution in [-0.2, 0) is 10.0 Å². The van der Waals surface area contributed by atoms with Crippen molar-refractivity contribution in [2.24, 2.45) is 0 Å². The van der Waals surface area contributed by atoms with Crippen molar-refractivity contribution in [1.82, 2.24) is 8.87 Å². The summed E-state index contributed by atoms with van der Waals surface area (Å²) < 4.78 is 29.1. The molecule has 0 bridgehead atoms. The van der Waals surface area contributed by atoms with Gasteiger partial charge in [-0.3, -0.25) is 4.79 Å². The number of ketones is 1. The van der Waals surface area contributed by atoms with Crippen LogP contribution in [-0.4, -0.2) is 36.2 Å². The second-order valence-corrected chi connectivity index (χ2v) is 7.78. The van der Waals surface area contributed by atoms with Crippen LogP contribution in [0.3, 0.4) is 0 Å². The van der Waals surface area contributed by atoms with Crippen LogP contribution in [0.15, 0.2) is 53.7 Å². The Kier molecular flexibility index (Phi) is 4.37. The number of benzene rings is 1. The summed E-state index contributed by atoms with van der Waals surface area (Å²) in [6.07, 6.45) is 5.66. The molecule has 5 nitrogen and oxygen atoms in total. The fourth-order valence-corrected chi connectivity index (χ4v) is 4.45. The Morgan fingerprint density at radius 2 is 1.61 bits per heavy atom. The van der Waals surface area contributed by atoms with E-state index in [0.717, 1.165) is 12.8 Å². The van der Waals surface area contributed by atoms with Gasteiger partial charge in [0.05, 0.1) is 4.90 Å². The molecule has 0 atom stereocenters. The SMILES string of the molecule is CC(=O)c1ccc(S(=O)(=O)N2CCC(n3cccc3)CC2)cc1. The number of sulfonamides is 1. The average molecular weight is 332 g/mol. The van der Waals surface area contributed by atoms with Crippen LogP contribution in [0.1, 0.15) is 36.2 Å². The predicted octanol–water partition coefficient (Wildman–Crippen LogP) is 2.72. The molecule has 23 heavy (non-hydrogen) atoms. The molecule has 1 aromatic carbocycles. The van der Waals surface area contributed by atoms with Crippen molar-refractivity contribution in [2.45, 2.75) is 30.7 Å². The van der Waals surface area contributed by atoms with Gasteiger partial charge in [-0.15, -0.1) is 0 Å². The van der Waals surface area contributed by atoms with Crippen molar-refractivity contribution in [2.75, 3.05) is 13.1 Å². The van der Waals surface area contributed by atoms with E-state index < -0.39 is 10.0 Å². The first kappa shape index (κ1) is 16.0. The van der Waals surface area contributed by atoms with E-state index in [0.29, 0.717) is 24.7 Å². The van der Waals surface area contributed by atoms with Gasteiger partial charge < -0.3 is 4.57 Å². The summed E-state index contributed by atoms with van der Waals surface area (Å²) in [6, 6.07) is 10.5. The van der Waals surface area contributed by atoms with Gasteiger partial charge in [0, 0.05) is 37.1 Å². The van der Waals surface area contributed by atoms with Crippen LogP contribution in [0.25, 0.3) is 0 Å². The highest BCUT2D eigenvalue weighted by atomic mass is 32.2. The normalized spacial score (nSPS) is 17.3. The second kappa shape index (κ2) is 6.29. The minimum atomic E-state index is -3.48. The van der Waals surface area contributed by atoms with E-state index in [2.05, 4.69) is 4.57 Å². The lowest BCUT2D eigenvalue weighted by molar-refractivity contribution is 0.101. The Labute approximate surface area is 136 Å². The van der Waals surface area contributed by atoms with Gasteiger partial charge in [-0.1, -0.05) is 12.1 Å². The largest absolute Gasteiger partial charge is 0.351 e. The van der Waals surface area contributed by atoms with Gasteiger partial charge in [0.1, 0.15) is 0 Å². The van der Waals surface area contributed by atoms with E-state index in [1.165, 1.54) is 23.4 Å². The maximum absolute atomic E-state index is 12.7. The highest BCUT2D eigenvalue weighted by molar-refractivity contribution is 7.89. The van der Waals surface area contributed by atoms with Crippen molar-refractivity contribution < 1.29 is 13.2 Å². The standard InChI is InChI=1S/C17H20N2O3S/c1-14(20)15-4-6-17(7-5-15)23(21,22)19-12-8-16(9-13-19)18-10-2-3-11-18/h2-7,10-11,16H,8-9,12-13H2,1H3. The zero-order chi connectivity index (χ0) is 16.4. The molecule has 122 valence electrons. The fraction of sp³-hybridized carbons (Fsp3) is 0.353. The lowest BCUT2D eigenvalue weighted by Gasteiger charge is -2.32. The van der Waals surface area contributed by atoms with Crippen LogP contribution in [0, 0.1) is 0 Å². The molecule has 6 heteroatoms. The smallest absolute Gasteiger partial charge is 0.243 e. The van der Waals surface area contributed by atoms with Crippen LogP contribution in [0.2, 0.25) is 0 Å². The summed E-state index contributed by atoms with van der Waals surface area (Å²) in [4.78, 5) is 11.5. The first-order chi connectivity index (χ1) is 11.0.